The minimum absolute atomic E-state index is 0. The molecule has 1 aliphatic carbocycles. The lowest BCUT2D eigenvalue weighted by Gasteiger charge is -2.21. The van der Waals surface area contributed by atoms with E-state index in [0.29, 0.717) is 24.9 Å². The molecule has 8 nitrogen and oxygen atoms in total. The summed E-state index contributed by atoms with van der Waals surface area (Å²) >= 11 is 0. The number of hydrogen-bond acceptors (Lipinski definition) is 7. The predicted octanol–water partition coefficient (Wildman–Crippen LogP) is 2.69. The van der Waals surface area contributed by atoms with Crippen molar-refractivity contribution in [1.29, 1.82) is 5.26 Å². The lowest BCUT2D eigenvalue weighted by atomic mass is 10.0. The molecule has 9 heteroatoms. The van der Waals surface area contributed by atoms with E-state index in [-0.39, 0.29) is 25.4 Å². The number of ether oxygens (including phenoxy) is 1. The molecule has 0 radical (unpaired) electrons. The fourth-order valence-electron chi connectivity index (χ4n) is 4.29. The summed E-state index contributed by atoms with van der Waals surface area (Å²) in [5.41, 5.74) is 14.9. The largest absolute Gasteiger partial charge is 0.463 e. The molecule has 1 aliphatic heterocycles. The minimum Gasteiger partial charge on any atom is -0.463 e. The second-order valence-corrected chi connectivity index (χ2v) is 8.07. The zero-order valence-electron chi connectivity index (χ0n) is 18.3. The van der Waals surface area contributed by atoms with Gasteiger partial charge in [0.15, 0.2) is 0 Å². The maximum Gasteiger partial charge on any atom is 0.318 e. The molecule has 4 N–H and O–H groups in total. The summed E-state index contributed by atoms with van der Waals surface area (Å²) in [4.78, 5) is 22.5. The number of unbranched alkanes of at least 4 members (excludes halogenated alkanes) is 3. The molecule has 170 valence electrons. The summed E-state index contributed by atoms with van der Waals surface area (Å²) in [6.45, 7) is 4.49. The van der Waals surface area contributed by atoms with Crippen molar-refractivity contribution >= 4 is 30.8 Å². The summed E-state index contributed by atoms with van der Waals surface area (Å²) in [6.07, 6.45) is 8.10. The van der Waals surface area contributed by atoms with Crippen molar-refractivity contribution in [3.63, 3.8) is 0 Å². The molecule has 2 aliphatic rings. The van der Waals surface area contributed by atoms with Crippen LogP contribution < -0.4 is 16.2 Å². The quantitative estimate of drug-likeness (QED) is 0.500. The molecule has 1 aromatic heterocycles. The summed E-state index contributed by atoms with van der Waals surface area (Å²) in [5.74, 6) is 0.189. The molecule has 3 rings (SSSR count). The Labute approximate surface area is 191 Å². The van der Waals surface area contributed by atoms with Gasteiger partial charge in [0.2, 0.25) is 5.91 Å². The van der Waals surface area contributed by atoms with Crippen LogP contribution in [0.2, 0.25) is 0 Å². The zero-order valence-corrected chi connectivity index (χ0v) is 19.3. The van der Waals surface area contributed by atoms with Gasteiger partial charge in [0.25, 0.3) is 0 Å². The van der Waals surface area contributed by atoms with Crippen molar-refractivity contribution in [3.05, 3.63) is 16.8 Å². The number of anilines is 1. The zero-order chi connectivity index (χ0) is 21.5. The van der Waals surface area contributed by atoms with Crippen LogP contribution in [0, 0.1) is 11.3 Å². The number of nitrogens with zero attached hydrogens (tertiary/aromatic N) is 4. The van der Waals surface area contributed by atoms with Gasteiger partial charge in [-0.15, -0.1) is 0 Å². The average molecular weight is 447 g/mol. The molecular formula is C22H34N6O2S. The number of aromatic nitrogens is 2. The van der Waals surface area contributed by atoms with Crippen LogP contribution in [-0.2, 0) is 11.2 Å². The first kappa shape index (κ1) is 25.0. The second-order valence-electron chi connectivity index (χ2n) is 8.07. The van der Waals surface area contributed by atoms with Crippen LogP contribution in [0.25, 0.3) is 5.57 Å². The van der Waals surface area contributed by atoms with Gasteiger partial charge in [-0.05, 0) is 57.2 Å². The van der Waals surface area contributed by atoms with E-state index in [1.165, 1.54) is 0 Å². The smallest absolute Gasteiger partial charge is 0.318 e. The van der Waals surface area contributed by atoms with E-state index in [2.05, 4.69) is 27.9 Å². The van der Waals surface area contributed by atoms with Crippen LogP contribution in [0.4, 0.5) is 5.82 Å². The molecule has 1 amide bonds. The molecule has 0 unspecified atom stereocenters. The number of primary amides is 1. The third-order valence-corrected chi connectivity index (χ3v) is 5.95. The number of nitriles is 1. The van der Waals surface area contributed by atoms with Gasteiger partial charge in [0, 0.05) is 17.6 Å². The van der Waals surface area contributed by atoms with E-state index < -0.39 is 0 Å². The van der Waals surface area contributed by atoms with Gasteiger partial charge >= 0.3 is 6.01 Å². The monoisotopic (exact) mass is 446 g/mol. The highest BCUT2D eigenvalue weighted by atomic mass is 32.1. The first-order valence-electron chi connectivity index (χ1n) is 11.0. The lowest BCUT2D eigenvalue weighted by Crippen LogP contribution is -2.40. The molecule has 0 aromatic carbocycles. The summed E-state index contributed by atoms with van der Waals surface area (Å²) in [6, 6.07) is 2.51. The van der Waals surface area contributed by atoms with Crippen LogP contribution in [0.5, 0.6) is 6.01 Å². The summed E-state index contributed by atoms with van der Waals surface area (Å²) in [5, 5.41) is 9.59. The molecule has 0 bridgehead atoms. The highest BCUT2D eigenvalue weighted by Crippen LogP contribution is 2.37. The van der Waals surface area contributed by atoms with Crippen molar-refractivity contribution in [2.24, 2.45) is 5.73 Å². The summed E-state index contributed by atoms with van der Waals surface area (Å²) < 4.78 is 5.65. The number of nitrogens with two attached hydrogens (primary N) is 2. The van der Waals surface area contributed by atoms with Gasteiger partial charge in [-0.25, -0.2) is 0 Å². The van der Waals surface area contributed by atoms with Gasteiger partial charge in [-0.1, -0.05) is 19.8 Å². The Hall–Kier alpha value is -2.31. The van der Waals surface area contributed by atoms with Gasteiger partial charge in [0.05, 0.1) is 24.4 Å². The Morgan fingerprint density at radius 1 is 1.29 bits per heavy atom. The van der Waals surface area contributed by atoms with E-state index in [4.69, 9.17) is 16.2 Å². The number of fused-ring (bicyclic) bond motifs is 1. The molecule has 0 spiro atoms. The number of carbonyl (C=O) groups is 1. The Morgan fingerprint density at radius 2 is 2.10 bits per heavy atom. The third kappa shape index (κ3) is 6.11. The standard InChI is InChI=1S/C22H32N6O2.H2S/c1-2-3-12-30-22-26-19-16(15(14-23)13-17(19)20(24)27-22)8-5-4-6-10-28-11-7-9-18(28)21(25)29;/h18H,2-13H2,1H3,(H2,25,29)(H2,24,26,27);1H2/t18-;/m0./s1. The second kappa shape index (κ2) is 11.9. The maximum absolute atomic E-state index is 11.5. The average Bonchev–Trinajstić information content (AvgIpc) is 3.33. The third-order valence-electron chi connectivity index (χ3n) is 5.95. The number of allylic oxidation sites excluding steroid dienone is 2. The van der Waals surface area contributed by atoms with E-state index in [1.54, 1.807) is 0 Å². The van der Waals surface area contributed by atoms with E-state index in [9.17, 15) is 10.1 Å². The van der Waals surface area contributed by atoms with Crippen molar-refractivity contribution < 1.29 is 9.53 Å². The Kier molecular flexibility index (Phi) is 9.59. The van der Waals surface area contributed by atoms with Crippen molar-refractivity contribution in [2.75, 3.05) is 25.4 Å². The first-order valence-corrected chi connectivity index (χ1v) is 11.0. The minimum atomic E-state index is -0.215. The highest BCUT2D eigenvalue weighted by molar-refractivity contribution is 7.59. The number of nitrogen functional groups attached to an aromatic ring is 1. The topological polar surface area (TPSA) is 131 Å². The van der Waals surface area contributed by atoms with Crippen LogP contribution in [0.1, 0.15) is 69.5 Å². The van der Waals surface area contributed by atoms with Crippen LogP contribution >= 0.6 is 13.5 Å². The van der Waals surface area contributed by atoms with Gasteiger partial charge in [0.1, 0.15) is 5.82 Å². The van der Waals surface area contributed by atoms with E-state index in [1.807, 2.05) is 0 Å². The van der Waals surface area contributed by atoms with Crippen LogP contribution in [0.3, 0.4) is 0 Å². The molecule has 1 atom stereocenters. The molecular weight excluding hydrogens is 412 g/mol. The fraction of sp³-hybridized carbons (Fsp3) is 0.636. The number of hydrogen-bond donors (Lipinski definition) is 2. The van der Waals surface area contributed by atoms with Gasteiger partial charge < -0.3 is 16.2 Å². The van der Waals surface area contributed by atoms with E-state index in [0.717, 1.165) is 86.9 Å². The van der Waals surface area contributed by atoms with Crippen molar-refractivity contribution in [3.8, 4) is 12.1 Å². The Balaban J connectivity index is 0.00000341. The van der Waals surface area contributed by atoms with Crippen molar-refractivity contribution in [2.45, 2.75) is 70.8 Å². The summed E-state index contributed by atoms with van der Waals surface area (Å²) in [7, 11) is 0. The highest BCUT2D eigenvalue weighted by Gasteiger charge is 2.29. The first-order chi connectivity index (χ1) is 14.5. The normalized spacial score (nSPS) is 17.9. The Bertz CT molecular complexity index is 851. The number of amides is 1. The maximum atomic E-state index is 11.5. The molecule has 1 fully saturated rings. The lowest BCUT2D eigenvalue weighted by molar-refractivity contribution is -0.122. The van der Waals surface area contributed by atoms with Crippen molar-refractivity contribution in [1.82, 2.24) is 14.9 Å². The van der Waals surface area contributed by atoms with Gasteiger partial charge in [-0.3, -0.25) is 9.69 Å². The Morgan fingerprint density at radius 3 is 2.81 bits per heavy atom. The fourth-order valence-corrected chi connectivity index (χ4v) is 4.29. The van der Waals surface area contributed by atoms with Gasteiger partial charge in [-0.2, -0.15) is 28.7 Å². The number of rotatable bonds is 11. The van der Waals surface area contributed by atoms with Crippen LogP contribution in [-0.4, -0.2) is 46.5 Å². The number of carbonyl (C=O) groups excluding carboxylic acids is 1. The SMILES string of the molecule is CCCCOc1nc(N)c2c(n1)C(CCCCCN1CCC[C@H]1C(N)=O)=C(C#N)C2.S. The molecule has 1 saturated heterocycles. The molecule has 2 heterocycles. The van der Waals surface area contributed by atoms with Crippen LogP contribution in [0.15, 0.2) is 5.57 Å². The molecule has 0 saturated carbocycles. The van der Waals surface area contributed by atoms with E-state index >= 15 is 0 Å². The molecule has 1 aromatic rings. The molecule has 31 heavy (non-hydrogen) atoms. The predicted molar refractivity (Wildman–Crippen MR) is 126 cm³/mol. The number of likely N-dealkylation sites (tertiary alicyclic amines) is 1.